The van der Waals surface area contributed by atoms with Crippen molar-refractivity contribution >= 4 is 52.2 Å². The summed E-state index contributed by atoms with van der Waals surface area (Å²) in [4.78, 5) is 50.2. The lowest BCUT2D eigenvalue weighted by molar-refractivity contribution is 0.142. The molecule has 250 valence electrons. The summed E-state index contributed by atoms with van der Waals surface area (Å²) < 4.78 is 65.1. The third kappa shape index (κ3) is 5.63. The monoisotopic (exact) mass is 670 g/mol. The molecule has 2 N–H and O–H groups in total. The van der Waals surface area contributed by atoms with Gasteiger partial charge in [-0.2, -0.15) is 4.39 Å². The van der Waals surface area contributed by atoms with Crippen LogP contribution < -0.4 is 34.7 Å². The van der Waals surface area contributed by atoms with Crippen molar-refractivity contribution in [3.05, 3.63) is 73.9 Å². The van der Waals surface area contributed by atoms with Gasteiger partial charge in [-0.3, -0.25) is 9.59 Å². The summed E-state index contributed by atoms with van der Waals surface area (Å²) in [7, 11) is 2.00. The first-order valence-corrected chi connectivity index (χ1v) is 14.2. The summed E-state index contributed by atoms with van der Waals surface area (Å²) in [6.07, 6.45) is 2.04. The Morgan fingerprint density at radius 2 is 1.21 bits per heavy atom. The van der Waals surface area contributed by atoms with E-state index in [9.17, 15) is 28.0 Å². The highest BCUT2D eigenvalue weighted by Crippen LogP contribution is 2.42. The van der Waals surface area contributed by atoms with Crippen LogP contribution in [0.5, 0.6) is 23.0 Å². The van der Waals surface area contributed by atoms with Crippen molar-refractivity contribution in [1.82, 2.24) is 14.0 Å². The maximum absolute atomic E-state index is 15.0. The molecule has 3 aliphatic rings. The molecule has 7 rings (SSSR count). The number of piperazine rings is 1. The van der Waals surface area contributed by atoms with Crippen LogP contribution in [0.2, 0.25) is 0 Å². The molecule has 5 heterocycles. The Morgan fingerprint density at radius 1 is 0.750 bits per heavy atom. The van der Waals surface area contributed by atoms with Crippen LogP contribution in [0.4, 0.5) is 28.4 Å². The minimum absolute atomic E-state index is 0.00207. The summed E-state index contributed by atoms with van der Waals surface area (Å²) in [5.41, 5.74) is -0.880. The van der Waals surface area contributed by atoms with Crippen LogP contribution in [-0.4, -0.2) is 69.8 Å². The van der Waals surface area contributed by atoms with Gasteiger partial charge < -0.3 is 48.1 Å². The lowest BCUT2D eigenvalue weighted by atomic mass is 10.1. The molecule has 2 aromatic heterocycles. The Kier molecular flexibility index (Phi) is 8.00. The van der Waals surface area contributed by atoms with Gasteiger partial charge in [-0.25, -0.2) is 18.4 Å². The number of benzene rings is 2. The van der Waals surface area contributed by atoms with Crippen molar-refractivity contribution in [1.29, 1.82) is 0 Å². The number of ether oxygens (including phenoxy) is 4. The number of allylic oxidation sites excluding steroid dienone is 2. The number of carbonyl (C=O) groups is 2. The molecule has 1 fully saturated rings. The number of nitrogens with zero attached hydrogens (tertiary/aromatic N) is 4. The van der Waals surface area contributed by atoms with Gasteiger partial charge in [-0.15, -0.1) is 0 Å². The number of hydrogen-bond donors (Lipinski definition) is 2. The van der Waals surface area contributed by atoms with Crippen molar-refractivity contribution in [3.63, 3.8) is 0 Å². The maximum atomic E-state index is 15.0. The fraction of sp³-hybridized carbons (Fsp3) is 0.226. The van der Waals surface area contributed by atoms with E-state index in [1.807, 2.05) is 11.9 Å². The predicted molar refractivity (Wildman–Crippen MR) is 164 cm³/mol. The number of aromatic nitrogens is 2. The molecule has 0 atom stereocenters. The lowest BCUT2D eigenvalue weighted by Crippen LogP contribution is -2.45. The first-order valence-electron chi connectivity index (χ1n) is 14.2. The highest BCUT2D eigenvalue weighted by atomic mass is 19.2. The van der Waals surface area contributed by atoms with E-state index in [0.717, 1.165) is 25.4 Å². The van der Waals surface area contributed by atoms with Crippen LogP contribution >= 0.6 is 0 Å². The molecule has 2 aromatic carbocycles. The number of hydrogen-bond acceptors (Lipinski definition) is 10. The molecule has 0 radical (unpaired) electrons. The van der Waals surface area contributed by atoms with Gasteiger partial charge >= 0.3 is 12.3 Å². The Labute approximate surface area is 267 Å². The van der Waals surface area contributed by atoms with Gasteiger partial charge in [-0.05, 0) is 33.0 Å². The minimum atomic E-state index is -1.69. The summed E-state index contributed by atoms with van der Waals surface area (Å²) in [5, 5.41) is 17.2. The largest absolute Gasteiger partial charge is 0.511 e. The van der Waals surface area contributed by atoms with E-state index in [1.54, 1.807) is 17.7 Å². The van der Waals surface area contributed by atoms with Gasteiger partial charge in [0.25, 0.3) is 0 Å². The van der Waals surface area contributed by atoms with Crippen LogP contribution in [0.15, 0.2) is 45.6 Å². The van der Waals surface area contributed by atoms with Crippen molar-refractivity contribution in [2.75, 3.05) is 38.1 Å². The van der Waals surface area contributed by atoms with Crippen molar-refractivity contribution in [2.24, 2.45) is 0 Å². The number of halogens is 3. The summed E-state index contributed by atoms with van der Waals surface area (Å²) in [5.74, 6) is -3.45. The van der Waals surface area contributed by atoms with Crippen LogP contribution in [0.1, 0.15) is 13.8 Å². The smallest absolute Gasteiger partial charge is 0.456 e. The molecular formula is C31H25F3N4O10. The molecule has 1 saturated heterocycles. The number of carboxylic acid groups (broad SMARTS) is 2. The second-order valence-corrected chi connectivity index (χ2v) is 11.0. The molecule has 0 bridgehead atoms. The van der Waals surface area contributed by atoms with Gasteiger partial charge in [0.1, 0.15) is 28.2 Å². The van der Waals surface area contributed by atoms with E-state index in [1.165, 1.54) is 23.9 Å². The first kappa shape index (κ1) is 32.0. The van der Waals surface area contributed by atoms with E-state index >= 15 is 4.39 Å². The van der Waals surface area contributed by atoms with Crippen molar-refractivity contribution < 1.29 is 51.9 Å². The zero-order valence-electron chi connectivity index (χ0n) is 25.4. The maximum Gasteiger partial charge on any atom is 0.511 e. The Hall–Kier alpha value is -5.97. The SMILES string of the molecule is CC1=Cn2cc(OC(=O)O)c(=O)c3cc(F)c(F)c(c32)O1.CC1=Cn2cc(OC(=O)O)c(=O)c3cc(F)c(N4CCN(C)CC4)c(c32)O1. The number of rotatable bonds is 3. The van der Waals surface area contributed by atoms with Gasteiger partial charge in [0.15, 0.2) is 34.6 Å². The molecule has 0 saturated carbocycles. The highest BCUT2D eigenvalue weighted by Gasteiger charge is 2.29. The highest BCUT2D eigenvalue weighted by molar-refractivity contribution is 5.94. The quantitative estimate of drug-likeness (QED) is 0.289. The average Bonchev–Trinajstić information content (AvgIpc) is 3.00. The third-order valence-corrected chi connectivity index (χ3v) is 7.68. The molecule has 0 spiro atoms. The molecule has 14 nitrogen and oxygen atoms in total. The number of pyridine rings is 2. The van der Waals surface area contributed by atoms with E-state index in [-0.39, 0.29) is 27.8 Å². The van der Waals surface area contributed by atoms with E-state index in [4.69, 9.17) is 19.7 Å². The predicted octanol–water partition coefficient (Wildman–Crippen LogP) is 4.71. The Balaban J connectivity index is 0.000000173. The Morgan fingerprint density at radius 3 is 1.71 bits per heavy atom. The van der Waals surface area contributed by atoms with E-state index in [2.05, 4.69) is 14.4 Å². The second-order valence-electron chi connectivity index (χ2n) is 11.0. The molecule has 17 heteroatoms. The van der Waals surface area contributed by atoms with E-state index in [0.29, 0.717) is 36.1 Å². The third-order valence-electron chi connectivity index (χ3n) is 7.68. The number of anilines is 1. The lowest BCUT2D eigenvalue weighted by Gasteiger charge is -2.35. The van der Waals surface area contributed by atoms with Gasteiger partial charge in [0.2, 0.25) is 16.7 Å². The zero-order valence-corrected chi connectivity index (χ0v) is 25.4. The zero-order chi connectivity index (χ0) is 34.6. The van der Waals surface area contributed by atoms with Gasteiger partial charge in [0.05, 0.1) is 23.2 Å². The fourth-order valence-corrected chi connectivity index (χ4v) is 5.64. The van der Waals surface area contributed by atoms with E-state index < -0.39 is 57.9 Å². The van der Waals surface area contributed by atoms with Crippen molar-refractivity contribution in [2.45, 2.75) is 13.8 Å². The average molecular weight is 671 g/mol. The molecular weight excluding hydrogens is 645 g/mol. The van der Waals surface area contributed by atoms with Crippen LogP contribution in [0.25, 0.3) is 34.2 Å². The molecule has 0 amide bonds. The van der Waals surface area contributed by atoms with Crippen LogP contribution in [-0.2, 0) is 0 Å². The molecule has 48 heavy (non-hydrogen) atoms. The topological polar surface area (TPSA) is 162 Å². The summed E-state index contributed by atoms with van der Waals surface area (Å²) in [6.45, 7) is 6.01. The molecule has 0 unspecified atom stereocenters. The number of likely N-dealkylation sites (N-methyl/N-ethyl adjacent to an activating group) is 1. The first-order chi connectivity index (χ1) is 22.7. The van der Waals surface area contributed by atoms with Gasteiger partial charge in [0, 0.05) is 38.6 Å². The Bertz CT molecular complexity index is 2240. The fourth-order valence-electron chi connectivity index (χ4n) is 5.64. The second kappa shape index (κ2) is 12.0. The van der Waals surface area contributed by atoms with Crippen LogP contribution in [0, 0.1) is 17.5 Å². The molecule has 0 aliphatic carbocycles. The van der Waals surface area contributed by atoms with Gasteiger partial charge in [-0.1, -0.05) is 0 Å². The van der Waals surface area contributed by atoms with Crippen LogP contribution in [0.3, 0.4) is 0 Å². The summed E-state index contributed by atoms with van der Waals surface area (Å²) >= 11 is 0. The summed E-state index contributed by atoms with van der Waals surface area (Å²) in [6, 6.07) is 1.80. The molecule has 3 aliphatic heterocycles. The standard InChI is InChI=1S/C18H18FN3O5.C13H7F2NO5/c1-10-8-22-9-13(27-18(24)25)16(23)11-7-12(19)15(17(26-10)14(11)22)21-5-3-20(2)4-6-21;1-5-3-16-4-8(21-13(18)19)11(17)6-2-7(14)9(15)12(20-5)10(6)16/h7-9H,3-6H2,1-2H3,(H,24,25);2-4H,1H3,(H,18,19). The normalized spacial score (nSPS) is 15.1. The minimum Gasteiger partial charge on any atom is -0.456 e. The van der Waals surface area contributed by atoms with Crippen molar-refractivity contribution in [3.8, 4) is 23.0 Å². The molecule has 4 aromatic rings.